The zero-order valence-electron chi connectivity index (χ0n) is 12.0. The van der Waals surface area contributed by atoms with Gasteiger partial charge in [0, 0.05) is 13.5 Å². The molecule has 0 radical (unpaired) electrons. The molecule has 1 unspecified atom stereocenters. The van der Waals surface area contributed by atoms with Gasteiger partial charge < -0.3 is 4.74 Å². The quantitative estimate of drug-likeness (QED) is 0.626. The average molecular weight is 260 g/mol. The van der Waals surface area contributed by atoms with Crippen molar-refractivity contribution in [2.24, 2.45) is 0 Å². The third-order valence-electron chi connectivity index (χ3n) is 3.31. The van der Waals surface area contributed by atoms with Crippen LogP contribution in [0.15, 0.2) is 30.8 Å². The number of carbonyl (C=O) groups is 1. The fraction of sp³-hybridized carbons (Fsp3) is 0.471. The number of methoxy groups -OCH3 is 1. The molecule has 0 saturated heterocycles. The smallest absolute Gasteiger partial charge is 0.132 e. The highest BCUT2D eigenvalue weighted by Gasteiger charge is 2.09. The first-order valence-electron chi connectivity index (χ1n) is 6.89. The molecule has 0 heterocycles. The molecule has 104 valence electrons. The zero-order chi connectivity index (χ0) is 14.1. The molecule has 0 aliphatic heterocycles. The van der Waals surface area contributed by atoms with Crippen LogP contribution in [-0.2, 0) is 16.0 Å². The molecule has 2 heteroatoms. The van der Waals surface area contributed by atoms with Gasteiger partial charge in [0.25, 0.3) is 0 Å². The predicted octanol–water partition coefficient (Wildman–Crippen LogP) is 4.04. The highest BCUT2D eigenvalue weighted by molar-refractivity contribution is 5.75. The second-order valence-corrected chi connectivity index (χ2v) is 4.96. The lowest BCUT2D eigenvalue weighted by molar-refractivity contribution is -0.119. The molecule has 0 spiro atoms. The molecular formula is C17H24O2. The van der Waals surface area contributed by atoms with Gasteiger partial charge in [0.15, 0.2) is 0 Å². The largest absolute Gasteiger partial charge is 0.381 e. The fourth-order valence-electron chi connectivity index (χ4n) is 2.15. The molecule has 0 bridgehead atoms. The lowest BCUT2D eigenvalue weighted by Gasteiger charge is -2.13. The summed E-state index contributed by atoms with van der Waals surface area (Å²) < 4.78 is 5.31. The minimum atomic E-state index is 0.0839. The van der Waals surface area contributed by atoms with Crippen molar-refractivity contribution in [3.63, 3.8) is 0 Å². The molecular weight excluding hydrogens is 236 g/mol. The van der Waals surface area contributed by atoms with Crippen molar-refractivity contribution in [1.82, 2.24) is 0 Å². The van der Waals surface area contributed by atoms with Crippen LogP contribution in [0.1, 0.15) is 43.7 Å². The van der Waals surface area contributed by atoms with Crippen molar-refractivity contribution < 1.29 is 9.53 Å². The van der Waals surface area contributed by atoms with E-state index in [2.05, 4.69) is 30.8 Å². The van der Waals surface area contributed by atoms with E-state index in [1.54, 1.807) is 14.0 Å². The topological polar surface area (TPSA) is 26.3 Å². The van der Waals surface area contributed by atoms with Crippen LogP contribution in [-0.4, -0.2) is 19.0 Å². The standard InChI is InChI=1S/C17H24O2/c1-4-15-9-11-16(12-10-15)7-5-6-8-17(19-3)13-14(2)18/h4,9-12,17H,1,5-8,13H2,2-3H3. The number of benzene rings is 1. The third-order valence-corrected chi connectivity index (χ3v) is 3.31. The molecule has 0 aliphatic carbocycles. The highest BCUT2D eigenvalue weighted by Crippen LogP contribution is 2.13. The van der Waals surface area contributed by atoms with Crippen LogP contribution in [0.5, 0.6) is 0 Å². The SMILES string of the molecule is C=Cc1ccc(CCCCC(CC(C)=O)OC)cc1. The first-order chi connectivity index (χ1) is 9.15. The molecule has 1 aromatic carbocycles. The Balaban J connectivity index is 2.25. The van der Waals surface area contributed by atoms with E-state index in [1.807, 2.05) is 6.08 Å². The third kappa shape index (κ3) is 6.35. The van der Waals surface area contributed by atoms with Crippen LogP contribution in [0.3, 0.4) is 0 Å². The summed E-state index contributed by atoms with van der Waals surface area (Å²) in [5, 5.41) is 0. The molecule has 0 aliphatic rings. The second kappa shape index (κ2) is 8.65. The predicted molar refractivity (Wildman–Crippen MR) is 80.2 cm³/mol. The van der Waals surface area contributed by atoms with Gasteiger partial charge in [-0.3, -0.25) is 4.79 Å². The van der Waals surface area contributed by atoms with Gasteiger partial charge in [-0.1, -0.05) is 43.3 Å². The monoisotopic (exact) mass is 260 g/mol. The van der Waals surface area contributed by atoms with Crippen molar-refractivity contribution >= 4 is 11.9 Å². The molecule has 0 saturated carbocycles. The van der Waals surface area contributed by atoms with Crippen molar-refractivity contribution in [3.05, 3.63) is 42.0 Å². The van der Waals surface area contributed by atoms with Crippen LogP contribution in [0.25, 0.3) is 6.08 Å². The van der Waals surface area contributed by atoms with Crippen molar-refractivity contribution in [1.29, 1.82) is 0 Å². The van der Waals surface area contributed by atoms with Gasteiger partial charge in [0.2, 0.25) is 0 Å². The minimum absolute atomic E-state index is 0.0839. The summed E-state index contributed by atoms with van der Waals surface area (Å²) in [6, 6.07) is 8.49. The molecule has 0 amide bonds. The number of ether oxygens (including phenoxy) is 1. The number of Topliss-reactive ketones (excluding diaryl/α,β-unsaturated/α-hetero) is 1. The summed E-state index contributed by atoms with van der Waals surface area (Å²) in [6.45, 7) is 5.37. The zero-order valence-corrected chi connectivity index (χ0v) is 12.0. The van der Waals surface area contributed by atoms with Crippen LogP contribution >= 0.6 is 0 Å². The van der Waals surface area contributed by atoms with Gasteiger partial charge in [0.1, 0.15) is 5.78 Å². The molecule has 0 fully saturated rings. The normalized spacial score (nSPS) is 12.1. The molecule has 1 aromatic rings. The first kappa shape index (κ1) is 15.6. The number of ketones is 1. The number of hydrogen-bond acceptors (Lipinski definition) is 2. The maximum absolute atomic E-state index is 11.0. The fourth-order valence-corrected chi connectivity index (χ4v) is 2.15. The van der Waals surface area contributed by atoms with Crippen LogP contribution in [0.4, 0.5) is 0 Å². The van der Waals surface area contributed by atoms with E-state index >= 15 is 0 Å². The van der Waals surface area contributed by atoms with Crippen LogP contribution in [0, 0.1) is 0 Å². The Morgan fingerprint density at radius 1 is 1.32 bits per heavy atom. The molecule has 0 N–H and O–H groups in total. The summed E-state index contributed by atoms with van der Waals surface area (Å²) >= 11 is 0. The Kier molecular flexibility index (Phi) is 7.12. The van der Waals surface area contributed by atoms with Crippen molar-refractivity contribution in [2.75, 3.05) is 7.11 Å². The van der Waals surface area contributed by atoms with Gasteiger partial charge in [-0.05, 0) is 37.3 Å². The lowest BCUT2D eigenvalue weighted by Crippen LogP contribution is -2.14. The van der Waals surface area contributed by atoms with E-state index in [0.29, 0.717) is 6.42 Å². The Morgan fingerprint density at radius 2 is 2.00 bits per heavy atom. The van der Waals surface area contributed by atoms with Gasteiger partial charge in [-0.15, -0.1) is 0 Å². The Bertz CT molecular complexity index is 392. The number of hydrogen-bond donors (Lipinski definition) is 0. The van der Waals surface area contributed by atoms with E-state index in [1.165, 1.54) is 5.56 Å². The van der Waals surface area contributed by atoms with Gasteiger partial charge in [-0.25, -0.2) is 0 Å². The Hall–Kier alpha value is -1.41. The van der Waals surface area contributed by atoms with E-state index in [4.69, 9.17) is 4.74 Å². The maximum Gasteiger partial charge on any atom is 0.132 e. The summed E-state index contributed by atoms with van der Waals surface area (Å²) in [4.78, 5) is 11.0. The Labute approximate surface area is 116 Å². The van der Waals surface area contributed by atoms with Gasteiger partial charge in [0.05, 0.1) is 6.10 Å². The van der Waals surface area contributed by atoms with E-state index < -0.39 is 0 Å². The van der Waals surface area contributed by atoms with Crippen molar-refractivity contribution in [3.8, 4) is 0 Å². The van der Waals surface area contributed by atoms with Crippen molar-refractivity contribution in [2.45, 2.75) is 45.1 Å². The maximum atomic E-state index is 11.0. The number of unbranched alkanes of at least 4 members (excludes halogenated alkanes) is 1. The summed E-state index contributed by atoms with van der Waals surface area (Å²) in [5.41, 5.74) is 2.51. The second-order valence-electron chi connectivity index (χ2n) is 4.96. The number of carbonyl (C=O) groups excluding carboxylic acids is 1. The first-order valence-corrected chi connectivity index (χ1v) is 6.89. The summed E-state index contributed by atoms with van der Waals surface area (Å²) in [6.07, 6.45) is 6.73. The van der Waals surface area contributed by atoms with Gasteiger partial charge >= 0.3 is 0 Å². The Morgan fingerprint density at radius 3 is 2.53 bits per heavy atom. The molecule has 19 heavy (non-hydrogen) atoms. The lowest BCUT2D eigenvalue weighted by atomic mass is 10.0. The van der Waals surface area contributed by atoms with Crippen LogP contribution < -0.4 is 0 Å². The minimum Gasteiger partial charge on any atom is -0.381 e. The molecule has 1 atom stereocenters. The van der Waals surface area contributed by atoms with E-state index in [-0.39, 0.29) is 11.9 Å². The van der Waals surface area contributed by atoms with E-state index in [9.17, 15) is 4.79 Å². The van der Waals surface area contributed by atoms with Gasteiger partial charge in [-0.2, -0.15) is 0 Å². The average Bonchev–Trinajstić information content (AvgIpc) is 2.42. The summed E-state index contributed by atoms with van der Waals surface area (Å²) in [5.74, 6) is 0.201. The summed E-state index contributed by atoms with van der Waals surface area (Å²) in [7, 11) is 1.68. The molecule has 2 nitrogen and oxygen atoms in total. The van der Waals surface area contributed by atoms with Crippen LogP contribution in [0.2, 0.25) is 0 Å². The number of aryl methyl sites for hydroxylation is 1. The number of rotatable bonds is 9. The highest BCUT2D eigenvalue weighted by atomic mass is 16.5. The molecule has 1 rings (SSSR count). The van der Waals surface area contributed by atoms with E-state index in [0.717, 1.165) is 31.2 Å². The molecule has 0 aromatic heterocycles.